The molecule has 106 valence electrons. The quantitative estimate of drug-likeness (QED) is 0.673. The van der Waals surface area contributed by atoms with Gasteiger partial charge in [-0.05, 0) is 28.4 Å². The Balaban J connectivity index is 1.84. The molecule has 0 spiro atoms. The second-order valence-electron chi connectivity index (χ2n) is 4.69. The lowest BCUT2D eigenvalue weighted by molar-refractivity contribution is 0.157. The van der Waals surface area contributed by atoms with E-state index < -0.39 is 0 Å². The molecule has 4 nitrogen and oxygen atoms in total. The first-order valence-electron chi connectivity index (χ1n) is 6.40. The molecule has 19 heavy (non-hydrogen) atoms. The molecule has 1 N–H and O–H groups in total. The Morgan fingerprint density at radius 3 is 3.16 bits per heavy atom. The fourth-order valence-electron chi connectivity index (χ4n) is 2.34. The Bertz CT molecular complexity index is 435. The van der Waals surface area contributed by atoms with E-state index >= 15 is 0 Å². The number of nitrogens with one attached hydrogen (secondary N) is 1. The molecule has 1 saturated heterocycles. The van der Waals surface area contributed by atoms with Crippen LogP contribution in [0.5, 0.6) is 0 Å². The van der Waals surface area contributed by atoms with E-state index in [0.717, 1.165) is 36.7 Å². The number of nitrogens with zero attached hydrogens (tertiary/aromatic N) is 2. The zero-order chi connectivity index (χ0) is 13.7. The van der Waals surface area contributed by atoms with Crippen molar-refractivity contribution in [1.82, 2.24) is 10.2 Å². The summed E-state index contributed by atoms with van der Waals surface area (Å²) in [6, 6.07) is 2.14. The van der Waals surface area contributed by atoms with Crippen molar-refractivity contribution in [2.24, 2.45) is 10.9 Å². The van der Waals surface area contributed by atoms with Crippen LogP contribution in [0.1, 0.15) is 11.3 Å². The molecular formula is C13H20BrN3OS. The van der Waals surface area contributed by atoms with Crippen molar-refractivity contribution in [2.45, 2.75) is 13.0 Å². The third-order valence-corrected chi connectivity index (χ3v) is 4.94. The van der Waals surface area contributed by atoms with Crippen LogP contribution in [-0.2, 0) is 11.3 Å². The summed E-state index contributed by atoms with van der Waals surface area (Å²) in [6.45, 7) is 3.75. The summed E-state index contributed by atoms with van der Waals surface area (Å²) in [6.07, 6.45) is 1.18. The van der Waals surface area contributed by atoms with Crippen LogP contribution in [-0.4, -0.2) is 44.7 Å². The Morgan fingerprint density at radius 2 is 2.53 bits per heavy atom. The predicted molar refractivity (Wildman–Crippen MR) is 83.8 cm³/mol. The normalized spacial score (nSPS) is 20.1. The van der Waals surface area contributed by atoms with Crippen molar-refractivity contribution in [3.05, 3.63) is 20.8 Å². The van der Waals surface area contributed by atoms with Crippen molar-refractivity contribution >= 4 is 33.2 Å². The number of methoxy groups -OCH3 is 1. The summed E-state index contributed by atoms with van der Waals surface area (Å²) in [7, 11) is 3.61. The third kappa shape index (κ3) is 4.19. The minimum atomic E-state index is 0.624. The lowest BCUT2D eigenvalue weighted by Gasteiger charge is -2.21. The Morgan fingerprint density at radius 1 is 1.68 bits per heavy atom. The maximum absolute atomic E-state index is 5.23. The van der Waals surface area contributed by atoms with Crippen LogP contribution in [0.4, 0.5) is 0 Å². The van der Waals surface area contributed by atoms with E-state index in [4.69, 9.17) is 4.74 Å². The molecule has 1 atom stereocenters. The summed E-state index contributed by atoms with van der Waals surface area (Å²) < 4.78 is 6.37. The maximum atomic E-state index is 5.23. The number of halogens is 1. The number of rotatable bonds is 4. The van der Waals surface area contributed by atoms with Gasteiger partial charge in [0.1, 0.15) is 0 Å². The molecule has 1 aliphatic heterocycles. The Kier molecular flexibility index (Phi) is 5.66. The highest BCUT2D eigenvalue weighted by Gasteiger charge is 2.24. The molecule has 0 aliphatic carbocycles. The Labute approximate surface area is 127 Å². The van der Waals surface area contributed by atoms with E-state index in [1.54, 1.807) is 18.4 Å². The Hall–Kier alpha value is -0.590. The molecule has 1 aliphatic rings. The van der Waals surface area contributed by atoms with Crippen LogP contribution in [0.25, 0.3) is 0 Å². The van der Waals surface area contributed by atoms with E-state index in [1.807, 2.05) is 7.05 Å². The van der Waals surface area contributed by atoms with Gasteiger partial charge in [-0.2, -0.15) is 0 Å². The van der Waals surface area contributed by atoms with Crippen molar-refractivity contribution < 1.29 is 4.74 Å². The van der Waals surface area contributed by atoms with E-state index in [-0.39, 0.29) is 0 Å². The molecule has 2 rings (SSSR count). The van der Waals surface area contributed by atoms with Crippen LogP contribution >= 0.6 is 27.3 Å². The number of likely N-dealkylation sites (tertiary alicyclic amines) is 1. The van der Waals surface area contributed by atoms with E-state index in [0.29, 0.717) is 5.92 Å². The van der Waals surface area contributed by atoms with Gasteiger partial charge >= 0.3 is 0 Å². The van der Waals surface area contributed by atoms with Crippen LogP contribution in [0, 0.1) is 5.92 Å². The standard InChI is InChI=1S/C13H20BrN3OS/c1-15-13(16-6-12-5-11(14)9-19-12)17-4-3-10(7-17)8-18-2/h5,9-10H,3-4,6-8H2,1-2H3,(H,15,16). The first-order valence-corrected chi connectivity index (χ1v) is 8.07. The molecule has 0 amide bonds. The third-order valence-electron chi connectivity index (χ3n) is 3.24. The van der Waals surface area contributed by atoms with Gasteiger partial charge in [0.25, 0.3) is 0 Å². The maximum Gasteiger partial charge on any atom is 0.193 e. The molecule has 2 heterocycles. The lowest BCUT2D eigenvalue weighted by atomic mass is 10.1. The average Bonchev–Trinajstić information content (AvgIpc) is 3.01. The van der Waals surface area contributed by atoms with Crippen molar-refractivity contribution in [2.75, 3.05) is 33.9 Å². The molecule has 1 aromatic heterocycles. The molecule has 6 heteroatoms. The number of hydrogen-bond acceptors (Lipinski definition) is 3. The number of aliphatic imine (C=N–C) groups is 1. The van der Waals surface area contributed by atoms with Crippen molar-refractivity contribution in [3.63, 3.8) is 0 Å². The number of guanidine groups is 1. The SMILES string of the molecule is CN=C(NCc1cc(Br)cs1)N1CCC(COC)C1. The summed E-state index contributed by atoms with van der Waals surface area (Å²) >= 11 is 5.23. The average molecular weight is 346 g/mol. The summed E-state index contributed by atoms with van der Waals surface area (Å²) in [5.41, 5.74) is 0. The van der Waals surface area contributed by atoms with Crippen molar-refractivity contribution in [1.29, 1.82) is 0 Å². The zero-order valence-electron chi connectivity index (χ0n) is 11.4. The topological polar surface area (TPSA) is 36.9 Å². The van der Waals surface area contributed by atoms with Crippen LogP contribution in [0.2, 0.25) is 0 Å². The molecule has 1 unspecified atom stereocenters. The van der Waals surface area contributed by atoms with Gasteiger partial charge < -0.3 is 15.0 Å². The number of hydrogen-bond donors (Lipinski definition) is 1. The number of ether oxygens (including phenoxy) is 1. The molecule has 0 radical (unpaired) electrons. The van der Waals surface area contributed by atoms with Gasteiger partial charge in [0, 0.05) is 47.9 Å². The second kappa shape index (κ2) is 7.26. The smallest absolute Gasteiger partial charge is 0.193 e. The first-order chi connectivity index (χ1) is 9.22. The van der Waals surface area contributed by atoms with Gasteiger partial charge in [-0.1, -0.05) is 0 Å². The first kappa shape index (κ1) is 14.8. The van der Waals surface area contributed by atoms with Gasteiger partial charge in [0.05, 0.1) is 13.2 Å². The minimum absolute atomic E-state index is 0.624. The van der Waals surface area contributed by atoms with Gasteiger partial charge in [0.15, 0.2) is 5.96 Å². The molecule has 1 aromatic rings. The summed E-state index contributed by atoms with van der Waals surface area (Å²) in [4.78, 5) is 7.99. The highest BCUT2D eigenvalue weighted by atomic mass is 79.9. The summed E-state index contributed by atoms with van der Waals surface area (Å²) in [5, 5.41) is 5.53. The van der Waals surface area contributed by atoms with E-state index in [9.17, 15) is 0 Å². The highest BCUT2D eigenvalue weighted by Crippen LogP contribution is 2.20. The van der Waals surface area contributed by atoms with Gasteiger partial charge in [0.2, 0.25) is 0 Å². The molecular weight excluding hydrogens is 326 g/mol. The fourth-order valence-corrected chi connectivity index (χ4v) is 3.73. The monoisotopic (exact) mass is 345 g/mol. The van der Waals surface area contributed by atoms with E-state index in [2.05, 4.69) is 42.6 Å². The van der Waals surface area contributed by atoms with Crippen LogP contribution in [0.3, 0.4) is 0 Å². The molecule has 0 bridgehead atoms. The van der Waals surface area contributed by atoms with Gasteiger partial charge in [-0.25, -0.2) is 0 Å². The largest absolute Gasteiger partial charge is 0.384 e. The van der Waals surface area contributed by atoms with Gasteiger partial charge in [-0.3, -0.25) is 4.99 Å². The highest BCUT2D eigenvalue weighted by molar-refractivity contribution is 9.10. The lowest BCUT2D eigenvalue weighted by Crippen LogP contribution is -2.39. The van der Waals surface area contributed by atoms with Gasteiger partial charge in [-0.15, -0.1) is 11.3 Å². The number of thiophene rings is 1. The summed E-state index contributed by atoms with van der Waals surface area (Å²) in [5.74, 6) is 1.61. The fraction of sp³-hybridized carbons (Fsp3) is 0.615. The zero-order valence-corrected chi connectivity index (χ0v) is 13.8. The van der Waals surface area contributed by atoms with E-state index in [1.165, 1.54) is 11.3 Å². The minimum Gasteiger partial charge on any atom is -0.384 e. The van der Waals surface area contributed by atoms with Crippen LogP contribution in [0.15, 0.2) is 20.9 Å². The molecule has 0 aromatic carbocycles. The molecule has 1 fully saturated rings. The van der Waals surface area contributed by atoms with Crippen LogP contribution < -0.4 is 5.32 Å². The second-order valence-corrected chi connectivity index (χ2v) is 6.60. The molecule has 0 saturated carbocycles. The predicted octanol–water partition coefficient (Wildman–Crippen LogP) is 2.55. The van der Waals surface area contributed by atoms with Crippen molar-refractivity contribution in [3.8, 4) is 0 Å².